The summed E-state index contributed by atoms with van der Waals surface area (Å²) in [6.45, 7) is 1.33. The number of hydrogen-bond acceptors (Lipinski definition) is 4. The molecule has 1 aromatic rings. The zero-order valence-corrected chi connectivity index (χ0v) is 10.8. The third-order valence-electron chi connectivity index (χ3n) is 2.42. The SMILES string of the molecule is CCOC(=O)C(=O)CC(=O)c1cc(C(F)(F)F)ccc1F. The molecule has 1 rings (SSSR count). The topological polar surface area (TPSA) is 60.4 Å². The van der Waals surface area contributed by atoms with Gasteiger partial charge >= 0.3 is 12.1 Å². The van der Waals surface area contributed by atoms with E-state index in [1.807, 2.05) is 0 Å². The Bertz CT molecular complexity index is 578. The van der Waals surface area contributed by atoms with Crippen LogP contribution in [0.4, 0.5) is 17.6 Å². The molecule has 0 aliphatic carbocycles. The van der Waals surface area contributed by atoms with Crippen molar-refractivity contribution in [2.24, 2.45) is 0 Å². The highest BCUT2D eigenvalue weighted by atomic mass is 19.4. The predicted octanol–water partition coefficient (Wildman–Crippen LogP) is 2.55. The van der Waals surface area contributed by atoms with Crippen LogP contribution in [-0.4, -0.2) is 24.1 Å². The molecule has 0 aliphatic heterocycles. The van der Waals surface area contributed by atoms with Crippen LogP contribution in [-0.2, 0) is 20.5 Å². The fourth-order valence-electron chi connectivity index (χ4n) is 1.44. The van der Waals surface area contributed by atoms with E-state index >= 15 is 0 Å². The summed E-state index contributed by atoms with van der Waals surface area (Å²) in [5.41, 5.74) is -2.13. The molecule has 0 atom stereocenters. The van der Waals surface area contributed by atoms with Crippen molar-refractivity contribution in [3.8, 4) is 0 Å². The second-order valence-corrected chi connectivity index (χ2v) is 3.94. The number of benzene rings is 1. The maximum atomic E-state index is 13.4. The number of ether oxygens (including phenoxy) is 1. The zero-order chi connectivity index (χ0) is 16.2. The lowest BCUT2D eigenvalue weighted by molar-refractivity contribution is -0.153. The molecule has 0 spiro atoms. The van der Waals surface area contributed by atoms with Gasteiger partial charge in [0.2, 0.25) is 5.78 Å². The van der Waals surface area contributed by atoms with Crippen LogP contribution in [0.3, 0.4) is 0 Å². The molecule has 0 saturated carbocycles. The van der Waals surface area contributed by atoms with Crippen molar-refractivity contribution in [3.05, 3.63) is 35.1 Å². The second-order valence-electron chi connectivity index (χ2n) is 3.94. The largest absolute Gasteiger partial charge is 0.460 e. The number of ketones is 2. The first-order chi connectivity index (χ1) is 9.66. The van der Waals surface area contributed by atoms with Crippen molar-refractivity contribution in [1.29, 1.82) is 0 Å². The van der Waals surface area contributed by atoms with E-state index in [1.165, 1.54) is 6.92 Å². The molecule has 0 amide bonds. The Morgan fingerprint density at radius 2 is 1.81 bits per heavy atom. The van der Waals surface area contributed by atoms with Gasteiger partial charge in [0, 0.05) is 0 Å². The minimum atomic E-state index is -4.76. The van der Waals surface area contributed by atoms with Gasteiger partial charge in [0.25, 0.3) is 0 Å². The summed E-state index contributed by atoms with van der Waals surface area (Å²) in [7, 11) is 0. The molecule has 0 bridgehead atoms. The molecular formula is C13H10F4O4. The van der Waals surface area contributed by atoms with E-state index in [2.05, 4.69) is 4.74 Å². The Morgan fingerprint density at radius 3 is 2.33 bits per heavy atom. The summed E-state index contributed by atoms with van der Waals surface area (Å²) in [5, 5.41) is 0. The molecule has 8 heteroatoms. The van der Waals surface area contributed by atoms with Gasteiger partial charge in [-0.2, -0.15) is 13.2 Å². The maximum absolute atomic E-state index is 13.4. The molecule has 21 heavy (non-hydrogen) atoms. The lowest BCUT2D eigenvalue weighted by Crippen LogP contribution is -2.21. The van der Waals surface area contributed by atoms with E-state index in [0.29, 0.717) is 18.2 Å². The van der Waals surface area contributed by atoms with Gasteiger partial charge in [-0.1, -0.05) is 0 Å². The standard InChI is InChI=1S/C13H10F4O4/c1-2-21-12(20)11(19)6-10(18)8-5-7(13(15,16)17)3-4-9(8)14/h3-5H,2,6H2,1H3. The molecule has 0 radical (unpaired) electrons. The normalized spacial score (nSPS) is 11.1. The lowest BCUT2D eigenvalue weighted by atomic mass is 10.0. The van der Waals surface area contributed by atoms with Crippen molar-refractivity contribution in [2.45, 2.75) is 19.5 Å². The minimum absolute atomic E-state index is 0.101. The first-order valence-electron chi connectivity index (χ1n) is 5.76. The Kier molecular flexibility index (Phi) is 5.17. The van der Waals surface area contributed by atoms with E-state index in [9.17, 15) is 31.9 Å². The minimum Gasteiger partial charge on any atom is -0.460 e. The summed E-state index contributed by atoms with van der Waals surface area (Å²) < 4.78 is 55.2. The van der Waals surface area contributed by atoms with E-state index in [4.69, 9.17) is 0 Å². The van der Waals surface area contributed by atoms with Crippen LogP contribution in [0.1, 0.15) is 29.3 Å². The van der Waals surface area contributed by atoms with E-state index in [1.54, 1.807) is 0 Å². The fourth-order valence-corrected chi connectivity index (χ4v) is 1.44. The molecular weight excluding hydrogens is 296 g/mol. The number of esters is 1. The van der Waals surface area contributed by atoms with Crippen LogP contribution in [0.2, 0.25) is 0 Å². The van der Waals surface area contributed by atoms with Gasteiger partial charge in [-0.15, -0.1) is 0 Å². The third kappa shape index (κ3) is 4.37. The summed E-state index contributed by atoms with van der Waals surface area (Å²) >= 11 is 0. The molecule has 0 heterocycles. The van der Waals surface area contributed by atoms with E-state index in [-0.39, 0.29) is 6.61 Å². The summed E-state index contributed by atoms with van der Waals surface area (Å²) in [6, 6.07) is 1.25. The maximum Gasteiger partial charge on any atom is 0.416 e. The van der Waals surface area contributed by atoms with Gasteiger partial charge in [-0.25, -0.2) is 9.18 Å². The van der Waals surface area contributed by atoms with Gasteiger partial charge in [0.1, 0.15) is 5.82 Å². The molecule has 4 nitrogen and oxygen atoms in total. The Labute approximate surface area is 116 Å². The van der Waals surface area contributed by atoms with Crippen molar-refractivity contribution < 1.29 is 36.7 Å². The van der Waals surface area contributed by atoms with Crippen molar-refractivity contribution in [1.82, 2.24) is 0 Å². The third-order valence-corrected chi connectivity index (χ3v) is 2.42. The zero-order valence-electron chi connectivity index (χ0n) is 10.8. The van der Waals surface area contributed by atoms with E-state index in [0.717, 1.165) is 0 Å². The lowest BCUT2D eigenvalue weighted by Gasteiger charge is -2.09. The number of rotatable bonds is 5. The van der Waals surface area contributed by atoms with Gasteiger partial charge in [-0.3, -0.25) is 9.59 Å². The Morgan fingerprint density at radius 1 is 1.19 bits per heavy atom. The van der Waals surface area contributed by atoms with Crippen molar-refractivity contribution >= 4 is 17.5 Å². The average molecular weight is 306 g/mol. The van der Waals surface area contributed by atoms with Crippen molar-refractivity contribution in [3.63, 3.8) is 0 Å². The molecule has 114 valence electrons. The number of Topliss-reactive ketones (excluding diaryl/α,β-unsaturated/α-hetero) is 2. The molecule has 0 saturated heterocycles. The van der Waals surface area contributed by atoms with Crippen LogP contribution in [0, 0.1) is 5.82 Å². The highest BCUT2D eigenvalue weighted by molar-refractivity contribution is 6.38. The van der Waals surface area contributed by atoms with Gasteiger partial charge in [0.15, 0.2) is 5.78 Å². The van der Waals surface area contributed by atoms with Crippen LogP contribution in [0.25, 0.3) is 0 Å². The van der Waals surface area contributed by atoms with Gasteiger partial charge < -0.3 is 4.74 Å². The van der Waals surface area contributed by atoms with Crippen LogP contribution in [0.15, 0.2) is 18.2 Å². The highest BCUT2D eigenvalue weighted by Crippen LogP contribution is 2.30. The quantitative estimate of drug-likeness (QED) is 0.276. The second kappa shape index (κ2) is 6.47. The molecule has 0 N–H and O–H groups in total. The first-order valence-corrected chi connectivity index (χ1v) is 5.76. The first kappa shape index (κ1) is 16.8. The smallest absolute Gasteiger partial charge is 0.416 e. The average Bonchev–Trinajstić information content (AvgIpc) is 2.37. The summed E-state index contributed by atoms with van der Waals surface area (Å²) in [4.78, 5) is 33.9. The molecule has 0 unspecified atom stereocenters. The number of halogens is 4. The summed E-state index contributed by atoms with van der Waals surface area (Å²) in [6.07, 6.45) is -5.81. The fraction of sp³-hybridized carbons (Fsp3) is 0.308. The highest BCUT2D eigenvalue weighted by Gasteiger charge is 2.32. The van der Waals surface area contributed by atoms with Gasteiger partial charge in [-0.05, 0) is 25.1 Å². The van der Waals surface area contributed by atoms with E-state index < -0.39 is 47.1 Å². The monoisotopic (exact) mass is 306 g/mol. The molecule has 0 aliphatic rings. The van der Waals surface area contributed by atoms with Crippen molar-refractivity contribution in [2.75, 3.05) is 6.61 Å². The van der Waals surface area contributed by atoms with Crippen LogP contribution < -0.4 is 0 Å². The summed E-state index contributed by atoms with van der Waals surface area (Å²) in [5.74, 6) is -4.97. The van der Waals surface area contributed by atoms with Gasteiger partial charge in [0.05, 0.1) is 24.2 Å². The Balaban J connectivity index is 2.97. The number of hydrogen-bond donors (Lipinski definition) is 0. The number of carbonyl (C=O) groups is 3. The predicted molar refractivity (Wildman–Crippen MR) is 62.0 cm³/mol. The number of alkyl halides is 3. The molecule has 1 aromatic carbocycles. The Hall–Kier alpha value is -2.25. The molecule has 0 fully saturated rings. The molecule has 0 aromatic heterocycles. The van der Waals surface area contributed by atoms with Crippen LogP contribution >= 0.6 is 0 Å². The number of carbonyl (C=O) groups excluding carboxylic acids is 3. The van der Waals surface area contributed by atoms with Crippen LogP contribution in [0.5, 0.6) is 0 Å².